The number of nitrogens with zero attached hydrogens (tertiary/aromatic N) is 7. The Labute approximate surface area is 560 Å². The molecule has 1 aliphatic rings. The van der Waals surface area contributed by atoms with Crippen LogP contribution in [0.1, 0.15) is 81.2 Å². The summed E-state index contributed by atoms with van der Waals surface area (Å²) in [6, 6.07) is 49.8. The predicted molar refractivity (Wildman–Crippen MR) is 357 cm³/mol. The van der Waals surface area contributed by atoms with Gasteiger partial charge in [0.15, 0.2) is 0 Å². The van der Waals surface area contributed by atoms with Crippen molar-refractivity contribution in [2.24, 2.45) is 0 Å². The van der Waals surface area contributed by atoms with E-state index in [4.69, 9.17) is 23.8 Å². The molecule has 1 heterocycles. The minimum Gasteiger partial charge on any atom is -0.471 e. The third-order valence-corrected chi connectivity index (χ3v) is 14.1. The molecular formula is C69H70F2N8O19. The lowest BCUT2D eigenvalue weighted by Crippen LogP contribution is -2.50. The lowest BCUT2D eigenvalue weighted by atomic mass is 9.92. The van der Waals surface area contributed by atoms with Crippen molar-refractivity contribution in [3.63, 3.8) is 0 Å². The van der Waals surface area contributed by atoms with E-state index in [1.807, 2.05) is 25.1 Å². The number of non-ortho nitro benzene ring substituents is 5. The van der Waals surface area contributed by atoms with Crippen LogP contribution >= 0.6 is 0 Å². The highest BCUT2D eigenvalue weighted by molar-refractivity contribution is 6.02. The van der Waals surface area contributed by atoms with Crippen molar-refractivity contribution in [1.82, 2.24) is 0 Å². The number of fused-ring (bicyclic) bond motifs is 1. The molecule has 98 heavy (non-hydrogen) atoms. The van der Waals surface area contributed by atoms with Gasteiger partial charge in [0.25, 0.3) is 34.3 Å². The van der Waals surface area contributed by atoms with Gasteiger partial charge in [0.2, 0.25) is 11.5 Å². The number of likely N-dealkylation sites (N-methyl/N-ethyl adjacent to an activating group) is 2. The molecule has 0 saturated heterocycles. The summed E-state index contributed by atoms with van der Waals surface area (Å²) >= 11 is 0. The second-order valence-corrected chi connectivity index (χ2v) is 20.5. The predicted octanol–water partition coefficient (Wildman–Crippen LogP) is 13.8. The van der Waals surface area contributed by atoms with Crippen molar-refractivity contribution in [3.05, 3.63) is 284 Å². The SMILES string of the molecule is CC(C(=O)N(C)c1ccccc1F)c1ccc([N+](=O)[O-])cc1.CCOC(=O)C(C)c1ccc([N+](=O)[O-])cc1.CCOC(=O)Cc1ccc([N+](=O)[O-])cc1.CCc1ccc([N+](=O)[O-])cc1.CN1C(=O)C(C)(c2ccc([N+](=O)[O-])cc2)Oc2ccccc21.CNc1ccccc1F.O=C=O. The summed E-state index contributed by atoms with van der Waals surface area (Å²) in [5.41, 5.74) is 4.10. The van der Waals surface area contributed by atoms with Crippen molar-refractivity contribution < 1.29 is 76.4 Å². The second kappa shape index (κ2) is 39.9. The van der Waals surface area contributed by atoms with E-state index in [2.05, 4.69) is 5.32 Å². The lowest BCUT2D eigenvalue weighted by molar-refractivity contribution is -0.385. The van der Waals surface area contributed by atoms with E-state index in [0.29, 0.717) is 52.6 Å². The van der Waals surface area contributed by atoms with Gasteiger partial charge in [-0.15, -0.1) is 0 Å². The number of para-hydroxylation sites is 4. The molecule has 0 saturated carbocycles. The van der Waals surface area contributed by atoms with Gasteiger partial charge in [-0.05, 0) is 112 Å². The first kappa shape index (κ1) is 79.7. The summed E-state index contributed by atoms with van der Waals surface area (Å²) in [4.78, 5) is 117. The number of nitro benzene ring substituents is 5. The number of halogens is 2. The summed E-state index contributed by atoms with van der Waals surface area (Å²) in [6.07, 6.45) is 1.31. The molecule has 27 nitrogen and oxygen atoms in total. The topological polar surface area (TPSA) is 364 Å². The van der Waals surface area contributed by atoms with E-state index in [9.17, 15) is 78.5 Å². The maximum absolute atomic E-state index is 13.7. The van der Waals surface area contributed by atoms with Gasteiger partial charge in [-0.25, -0.2) is 8.78 Å². The fourth-order valence-corrected chi connectivity index (χ4v) is 8.68. The monoisotopic (exact) mass is 1350 g/mol. The number of hydrogen-bond acceptors (Lipinski definition) is 20. The van der Waals surface area contributed by atoms with Gasteiger partial charge in [0.05, 0.1) is 73.1 Å². The summed E-state index contributed by atoms with van der Waals surface area (Å²) in [7, 11) is 4.88. The molecule has 0 spiro atoms. The summed E-state index contributed by atoms with van der Waals surface area (Å²) in [5, 5.41) is 55.1. The van der Waals surface area contributed by atoms with Crippen LogP contribution in [0.3, 0.4) is 0 Å². The van der Waals surface area contributed by atoms with Gasteiger partial charge >= 0.3 is 18.1 Å². The van der Waals surface area contributed by atoms with Crippen LogP contribution in [0, 0.1) is 62.2 Å². The molecule has 0 radical (unpaired) electrons. The van der Waals surface area contributed by atoms with Gasteiger partial charge in [-0.2, -0.15) is 9.59 Å². The molecule has 0 fully saturated rings. The van der Waals surface area contributed by atoms with Gasteiger partial charge in [0, 0.05) is 87.4 Å². The summed E-state index contributed by atoms with van der Waals surface area (Å²) < 4.78 is 41.8. The quantitative estimate of drug-likeness (QED) is 0.0502. The molecule has 1 aliphatic heterocycles. The van der Waals surface area contributed by atoms with E-state index in [1.165, 1.54) is 103 Å². The van der Waals surface area contributed by atoms with Crippen LogP contribution in [0.25, 0.3) is 0 Å². The molecule has 3 atom stereocenters. The zero-order valence-corrected chi connectivity index (χ0v) is 54.6. The van der Waals surface area contributed by atoms with Crippen molar-refractivity contribution in [2.45, 2.75) is 71.8 Å². The van der Waals surface area contributed by atoms with Crippen molar-refractivity contribution in [2.75, 3.05) is 49.5 Å². The number of carbonyl (C=O) groups is 4. The van der Waals surface area contributed by atoms with Crippen LogP contribution < -0.4 is 19.9 Å². The Hall–Kier alpha value is -12.5. The van der Waals surface area contributed by atoms with Crippen LogP contribution in [0.5, 0.6) is 5.75 Å². The van der Waals surface area contributed by atoms with E-state index in [1.54, 1.807) is 139 Å². The first-order valence-corrected chi connectivity index (χ1v) is 29.6. The first-order chi connectivity index (χ1) is 46.5. The average molecular weight is 1350 g/mol. The standard InChI is InChI=1S/C16H15FN2O3.C16H14N2O4.C11H13NO4.C10H11NO4.C8H9NO2.C7H8FN.CO2/c1-11(12-7-9-13(10-8-12)19(21)22)16(20)18(2)15-6-4-3-5-14(15)17;1-16(11-7-9-12(10-8-11)18(20)21)15(19)17(2)13-5-3-4-6-14(13)22-16;1-3-16-11(13)8(2)9-4-6-10(7-5-9)12(14)15;1-2-15-10(12)7-8-3-5-9(6-4-8)11(13)14;1-2-7-3-5-8(6-4-7)9(10)11;1-9-7-5-3-2-4-6(7)8;2-1-3/h3-11H,1-2H3;3-10H,1-2H3;4-8H,3H2,1-2H3;3-6H,2,7H2,1H3;3-6H,2H2,1H3;2-5,9H,1H3;. The smallest absolute Gasteiger partial charge is 0.373 e. The molecule has 514 valence electrons. The third-order valence-electron chi connectivity index (χ3n) is 14.1. The number of nitro groups is 5. The van der Waals surface area contributed by atoms with Gasteiger partial charge in [0.1, 0.15) is 17.4 Å². The molecule has 8 aromatic carbocycles. The maximum atomic E-state index is 13.7. The Bertz CT molecular complexity index is 4030. The third kappa shape index (κ3) is 24.1. The zero-order valence-electron chi connectivity index (χ0n) is 54.6. The largest absolute Gasteiger partial charge is 0.471 e. The molecule has 29 heteroatoms. The fraction of sp³-hybridized carbons (Fsp3) is 0.232. The van der Waals surface area contributed by atoms with Crippen LogP contribution in [0.4, 0.5) is 54.3 Å². The van der Waals surface area contributed by atoms with Crippen LogP contribution in [-0.2, 0) is 56.7 Å². The highest BCUT2D eigenvalue weighted by Crippen LogP contribution is 2.41. The van der Waals surface area contributed by atoms with Crippen molar-refractivity contribution in [1.29, 1.82) is 0 Å². The molecule has 8 aromatic rings. The normalized spacial score (nSPS) is 12.6. The number of hydrogen-bond donors (Lipinski definition) is 1. The average Bonchev–Trinajstić information content (AvgIpc) is 0.753. The molecule has 0 aromatic heterocycles. The highest BCUT2D eigenvalue weighted by atomic mass is 19.1. The van der Waals surface area contributed by atoms with Crippen molar-refractivity contribution >= 4 is 75.4 Å². The van der Waals surface area contributed by atoms with Crippen LogP contribution in [-0.4, -0.2) is 88.9 Å². The summed E-state index contributed by atoms with van der Waals surface area (Å²) in [5.74, 6) is -2.19. The minimum atomic E-state index is -1.21. The molecule has 1 N–H and O–H groups in total. The molecule has 2 amide bonds. The van der Waals surface area contributed by atoms with Crippen LogP contribution in [0.15, 0.2) is 194 Å². The Kier molecular flexibility index (Phi) is 32.5. The Balaban J connectivity index is 0.000000311. The van der Waals surface area contributed by atoms with Gasteiger partial charge in [-0.1, -0.05) is 91.9 Å². The van der Waals surface area contributed by atoms with Gasteiger partial charge in [-0.3, -0.25) is 69.7 Å². The van der Waals surface area contributed by atoms with Gasteiger partial charge < -0.3 is 29.3 Å². The number of aryl methyl sites for hydroxylation is 1. The number of benzene rings is 8. The second-order valence-electron chi connectivity index (χ2n) is 20.5. The van der Waals surface area contributed by atoms with E-state index >= 15 is 0 Å². The maximum Gasteiger partial charge on any atom is 0.373 e. The van der Waals surface area contributed by atoms with E-state index in [-0.39, 0.29) is 81.2 Å². The Morgan fingerprint density at radius 1 is 0.571 bits per heavy atom. The van der Waals surface area contributed by atoms with E-state index in [0.717, 1.165) is 12.0 Å². The first-order valence-electron chi connectivity index (χ1n) is 29.6. The Morgan fingerprint density at radius 3 is 1.37 bits per heavy atom. The number of nitrogens with one attached hydrogen (secondary N) is 1. The summed E-state index contributed by atoms with van der Waals surface area (Å²) in [6.45, 7) is 11.2. The molecule has 0 bridgehead atoms. The number of anilines is 3. The Morgan fingerprint density at radius 2 is 0.959 bits per heavy atom. The lowest BCUT2D eigenvalue weighted by Gasteiger charge is -2.39. The number of esters is 2. The fourth-order valence-electron chi connectivity index (χ4n) is 8.68. The zero-order chi connectivity index (χ0) is 73.2. The molecule has 9 rings (SSSR count). The molecule has 0 aliphatic carbocycles. The number of amides is 2. The van der Waals surface area contributed by atoms with Crippen molar-refractivity contribution in [3.8, 4) is 5.75 Å². The minimum absolute atomic E-state index is 0.0137. The highest BCUT2D eigenvalue weighted by Gasteiger charge is 2.45. The number of ether oxygens (including phenoxy) is 3. The van der Waals surface area contributed by atoms with E-state index < -0.39 is 42.9 Å². The number of carbonyl (C=O) groups excluding carboxylic acids is 6. The van der Waals surface area contributed by atoms with Crippen LogP contribution in [0.2, 0.25) is 0 Å². The molecular weight excluding hydrogens is 1280 g/mol. The number of rotatable bonds is 17. The molecule has 3 unspecified atom stereocenters.